The second-order valence-electron chi connectivity index (χ2n) is 9.53. The van der Waals surface area contributed by atoms with E-state index < -0.39 is 24.0 Å². The fraction of sp³-hybridized carbons (Fsp3) is 0.241. The Morgan fingerprint density at radius 1 is 1.03 bits per heavy atom. The highest BCUT2D eigenvalue weighted by molar-refractivity contribution is 5.98. The number of aromatic nitrogens is 3. The van der Waals surface area contributed by atoms with Gasteiger partial charge in [-0.15, -0.1) is 0 Å². The lowest BCUT2D eigenvalue weighted by molar-refractivity contribution is -0.128. The molecule has 10 heteroatoms. The first-order valence-corrected chi connectivity index (χ1v) is 12.8. The number of aryl methyl sites for hydroxylation is 1. The minimum atomic E-state index is -1.85. The number of hydrogen-bond acceptors (Lipinski definition) is 7. The molecule has 2 aromatic carbocycles. The van der Waals surface area contributed by atoms with Crippen molar-refractivity contribution in [1.29, 1.82) is 0 Å². The summed E-state index contributed by atoms with van der Waals surface area (Å²) in [4.78, 5) is 31.9. The third-order valence-electron chi connectivity index (χ3n) is 6.85. The molecule has 2 amide bonds. The average molecular weight is 526 g/mol. The number of nitrogens with zero attached hydrogens (tertiary/aromatic N) is 5. The summed E-state index contributed by atoms with van der Waals surface area (Å²) in [6.07, 6.45) is 3.15. The number of nitrogens with two attached hydrogens (primary N) is 1. The summed E-state index contributed by atoms with van der Waals surface area (Å²) in [5.74, 6) is -1.85. The Bertz CT molecular complexity index is 1440. The highest BCUT2D eigenvalue weighted by Crippen LogP contribution is 2.29. The minimum Gasteiger partial charge on any atom is -0.756 e. The molecule has 10 nitrogen and oxygen atoms in total. The Balaban J connectivity index is 1.45. The topological polar surface area (TPSA) is 141 Å². The number of carbonyl (C=O) groups excluding carboxylic acids is 2. The number of pyridine rings is 1. The van der Waals surface area contributed by atoms with Gasteiger partial charge < -0.3 is 26.0 Å². The van der Waals surface area contributed by atoms with Crippen molar-refractivity contribution in [3.05, 3.63) is 113 Å². The average Bonchev–Trinajstić information content (AvgIpc) is 3.41. The number of hydroxylamine groups is 2. The normalized spacial score (nSPS) is 14.4. The third kappa shape index (κ3) is 5.66. The molecule has 2 atom stereocenters. The molecule has 0 radical (unpaired) electrons. The van der Waals surface area contributed by atoms with Crippen molar-refractivity contribution in [3.63, 3.8) is 0 Å². The van der Waals surface area contributed by atoms with E-state index in [1.54, 1.807) is 36.4 Å². The second kappa shape index (κ2) is 11.5. The molecule has 2 unspecified atom stereocenters. The highest BCUT2D eigenvalue weighted by Gasteiger charge is 2.30. The van der Waals surface area contributed by atoms with Crippen molar-refractivity contribution in [1.82, 2.24) is 19.8 Å². The summed E-state index contributed by atoms with van der Waals surface area (Å²) in [5.41, 5.74) is 8.98. The molecule has 2 aromatic heterocycles. The van der Waals surface area contributed by atoms with Crippen molar-refractivity contribution in [2.24, 2.45) is 5.73 Å². The highest BCUT2D eigenvalue weighted by atomic mass is 16.5. The fourth-order valence-corrected chi connectivity index (χ4v) is 4.86. The number of aliphatic hydroxyl groups is 1. The predicted octanol–water partition coefficient (Wildman–Crippen LogP) is 2.62. The van der Waals surface area contributed by atoms with Gasteiger partial charge in [-0.2, -0.15) is 5.10 Å². The molecule has 0 spiro atoms. The van der Waals surface area contributed by atoms with Crippen LogP contribution in [0, 0.1) is 5.21 Å². The van der Waals surface area contributed by atoms with Crippen LogP contribution in [0.1, 0.15) is 33.6 Å². The van der Waals surface area contributed by atoms with Crippen LogP contribution in [0.3, 0.4) is 0 Å². The molecule has 0 saturated carbocycles. The van der Waals surface area contributed by atoms with E-state index in [0.717, 1.165) is 30.8 Å². The van der Waals surface area contributed by atoms with E-state index in [4.69, 9.17) is 10.8 Å². The third-order valence-corrected chi connectivity index (χ3v) is 6.85. The lowest BCUT2D eigenvalue weighted by Gasteiger charge is -2.39. The maximum absolute atomic E-state index is 13.5. The van der Waals surface area contributed by atoms with Crippen LogP contribution < -0.4 is 10.6 Å². The fourth-order valence-electron chi connectivity index (χ4n) is 4.86. The van der Waals surface area contributed by atoms with Gasteiger partial charge in [0.1, 0.15) is 0 Å². The lowest BCUT2D eigenvalue weighted by Crippen LogP contribution is -2.50. The number of aliphatic hydroxyl groups excluding tert-OH is 1. The van der Waals surface area contributed by atoms with Gasteiger partial charge in [-0.25, -0.2) is 9.67 Å². The molecule has 0 bridgehead atoms. The smallest absolute Gasteiger partial charge is 0.248 e. The van der Waals surface area contributed by atoms with Crippen LogP contribution in [0.5, 0.6) is 0 Å². The molecule has 5 rings (SSSR count). The molecule has 0 aliphatic carbocycles. The van der Waals surface area contributed by atoms with E-state index in [-0.39, 0.29) is 22.9 Å². The van der Waals surface area contributed by atoms with Crippen molar-refractivity contribution in [2.45, 2.75) is 38.0 Å². The van der Waals surface area contributed by atoms with Gasteiger partial charge in [-0.05, 0) is 42.5 Å². The number of rotatable bonds is 9. The summed E-state index contributed by atoms with van der Waals surface area (Å²) < 4.78 is 1.52. The zero-order valence-corrected chi connectivity index (χ0v) is 21.3. The zero-order chi connectivity index (χ0) is 27.4. The number of fused-ring (bicyclic) bond motifs is 1. The van der Waals surface area contributed by atoms with Crippen molar-refractivity contribution >= 4 is 17.5 Å². The van der Waals surface area contributed by atoms with Crippen molar-refractivity contribution < 1.29 is 14.7 Å². The largest absolute Gasteiger partial charge is 0.756 e. The van der Waals surface area contributed by atoms with Crippen LogP contribution in [-0.4, -0.2) is 55.4 Å². The first-order chi connectivity index (χ1) is 18.9. The first kappa shape index (κ1) is 26.1. The molecule has 200 valence electrons. The second-order valence-corrected chi connectivity index (χ2v) is 9.53. The Hall–Kier alpha value is -4.54. The maximum Gasteiger partial charge on any atom is 0.248 e. The van der Waals surface area contributed by atoms with Crippen LogP contribution >= 0.6 is 0 Å². The summed E-state index contributed by atoms with van der Waals surface area (Å²) in [7, 11) is 0. The molecule has 1 aliphatic heterocycles. The molecule has 39 heavy (non-hydrogen) atoms. The van der Waals surface area contributed by atoms with E-state index in [0.29, 0.717) is 12.1 Å². The lowest BCUT2D eigenvalue weighted by atomic mass is 10.00. The first-order valence-electron chi connectivity index (χ1n) is 12.8. The van der Waals surface area contributed by atoms with E-state index in [1.807, 2.05) is 24.4 Å². The van der Waals surface area contributed by atoms with Gasteiger partial charge in [0.15, 0.2) is 11.9 Å². The van der Waals surface area contributed by atoms with E-state index in [9.17, 15) is 19.9 Å². The van der Waals surface area contributed by atoms with Crippen LogP contribution in [0.25, 0.3) is 5.82 Å². The van der Waals surface area contributed by atoms with Crippen LogP contribution in [0.4, 0.5) is 5.69 Å². The number of carbonyl (C=O) groups is 2. The number of benzene rings is 2. The monoisotopic (exact) mass is 525 g/mol. The number of primary amides is 1. The molecule has 1 aliphatic rings. The van der Waals surface area contributed by atoms with E-state index in [1.165, 1.54) is 22.5 Å². The maximum atomic E-state index is 13.5. The Kier molecular flexibility index (Phi) is 7.67. The van der Waals surface area contributed by atoms with Crippen LogP contribution in [-0.2, 0) is 24.2 Å². The van der Waals surface area contributed by atoms with Crippen molar-refractivity contribution in [3.8, 4) is 5.82 Å². The Morgan fingerprint density at radius 2 is 1.72 bits per heavy atom. The molecule has 0 fully saturated rings. The van der Waals surface area contributed by atoms with E-state index >= 15 is 0 Å². The molecule has 3 heterocycles. The number of amides is 2. The van der Waals surface area contributed by atoms with Crippen molar-refractivity contribution in [2.75, 3.05) is 11.4 Å². The zero-order valence-electron chi connectivity index (χ0n) is 21.3. The van der Waals surface area contributed by atoms with Gasteiger partial charge >= 0.3 is 0 Å². The van der Waals surface area contributed by atoms with E-state index in [2.05, 4.69) is 22.0 Å². The number of hydrogen-bond donors (Lipinski definition) is 2. The predicted molar refractivity (Wildman–Crippen MR) is 146 cm³/mol. The molecular formula is C29H29N6O4-. The molecule has 4 aromatic rings. The van der Waals surface area contributed by atoms with Gasteiger partial charge in [-0.3, -0.25) is 9.59 Å². The summed E-state index contributed by atoms with van der Waals surface area (Å²) in [6.45, 7) is 1.58. The standard InChI is InChI=1S/C29H29N6O4/c30-27(37)26(36)24(17-20-9-3-1-4-10-20)35(39)29(38)22-13-7-15-31-28(22)34-19-25-23(32-34)14-8-16-33(25)18-21-11-5-2-6-12-21/h1-7,9-13,15,19,24,26,36H,8,14,16-18H2,(H2,30,37)/q-1. The Labute approximate surface area is 225 Å². The van der Waals surface area contributed by atoms with Gasteiger partial charge in [-0.1, -0.05) is 60.7 Å². The van der Waals surface area contributed by atoms with Gasteiger partial charge in [0.25, 0.3) is 0 Å². The summed E-state index contributed by atoms with van der Waals surface area (Å²) in [6, 6.07) is 20.6. The molecule has 0 saturated heterocycles. The van der Waals surface area contributed by atoms with Gasteiger partial charge in [0, 0.05) is 19.3 Å². The van der Waals surface area contributed by atoms with Gasteiger partial charge in [0.2, 0.25) is 11.8 Å². The minimum absolute atomic E-state index is 0.00307. The SMILES string of the molecule is NC(=O)C(O)C(Cc1ccccc1)N([O-])C(=O)c1cccnc1-n1cc2c(n1)CCCN2Cc1ccccc1. The molecule has 3 N–H and O–H groups in total. The van der Waals surface area contributed by atoms with Crippen LogP contribution in [0.15, 0.2) is 85.2 Å². The Morgan fingerprint density at radius 3 is 2.41 bits per heavy atom. The summed E-state index contributed by atoms with van der Waals surface area (Å²) >= 11 is 0. The van der Waals surface area contributed by atoms with Crippen LogP contribution in [0.2, 0.25) is 0 Å². The van der Waals surface area contributed by atoms with Gasteiger partial charge in [0.05, 0.1) is 29.2 Å². The summed E-state index contributed by atoms with van der Waals surface area (Å²) in [5, 5.41) is 28.6. The quantitative estimate of drug-likeness (QED) is 0.320. The number of anilines is 1. The molecular weight excluding hydrogens is 496 g/mol.